The van der Waals surface area contributed by atoms with Gasteiger partial charge in [0.1, 0.15) is 43.0 Å². The molecule has 5 aromatic rings. The summed E-state index contributed by atoms with van der Waals surface area (Å²) in [5.41, 5.74) is 32.1. The Morgan fingerprint density at radius 2 is 1.03 bits per heavy atom. The van der Waals surface area contributed by atoms with Crippen molar-refractivity contribution >= 4 is 106 Å². The number of allylic oxidation sites excluding steroid dienone is 1. The number of Topliss-reactive ketones (excluding diaryl/α,β-unsaturated/α-hetero) is 1. The van der Waals surface area contributed by atoms with Crippen molar-refractivity contribution < 1.29 is 89.9 Å². The molecule has 0 unspecified atom stereocenters. The number of nitrogens with two attached hydrogens (primary N) is 5. The van der Waals surface area contributed by atoms with E-state index >= 15 is 0 Å². The SMILES string of the molecule is Nc1ccc(N=Nc2ccc(N=Nc3c(S(=O)(=O)[O-])cc4c(c3N)C(=O)/C(=N/Nc3ccc(N=Nc5ccc(N)cc5N)cc3)C(S(=O)(=O)[O-])=C4)cc2)c(N)c1.[Na+].[Na+]. The number of anilines is 6. The van der Waals surface area contributed by atoms with Crippen LogP contribution in [0.2, 0.25) is 0 Å². The van der Waals surface area contributed by atoms with Gasteiger partial charge in [-0.15, -0.1) is 15.3 Å². The van der Waals surface area contributed by atoms with Gasteiger partial charge in [0, 0.05) is 11.4 Å². The second-order valence-corrected chi connectivity index (χ2v) is 14.4. The first-order chi connectivity index (χ1) is 26.5. The van der Waals surface area contributed by atoms with Gasteiger partial charge in [0.15, 0.2) is 0 Å². The van der Waals surface area contributed by atoms with E-state index in [0.717, 1.165) is 0 Å². The van der Waals surface area contributed by atoms with Crippen molar-refractivity contribution in [1.29, 1.82) is 0 Å². The Labute approximate surface area is 374 Å². The first-order valence-electron chi connectivity index (χ1n) is 15.7. The number of ketones is 1. The third-order valence-electron chi connectivity index (χ3n) is 7.76. The summed E-state index contributed by atoms with van der Waals surface area (Å²) in [6, 6.07) is 21.9. The number of hydrogen-bond acceptors (Lipinski definition) is 20. The van der Waals surface area contributed by atoms with Gasteiger partial charge in [-0.2, -0.15) is 20.4 Å². The number of hydrazone groups is 1. The van der Waals surface area contributed by atoms with Crippen LogP contribution in [0.4, 0.5) is 68.2 Å². The van der Waals surface area contributed by atoms with Gasteiger partial charge in [-0.3, -0.25) is 10.2 Å². The molecule has 24 heteroatoms. The number of nitrogen functional groups attached to an aromatic ring is 5. The molecule has 0 saturated carbocycles. The van der Waals surface area contributed by atoms with Crippen LogP contribution in [0, 0.1) is 0 Å². The zero-order valence-corrected chi connectivity index (χ0v) is 36.1. The molecule has 0 aromatic heterocycles. The first-order valence-corrected chi connectivity index (χ1v) is 18.5. The summed E-state index contributed by atoms with van der Waals surface area (Å²) in [7, 11) is -10.8. The number of carbonyl (C=O) groups is 1. The Hall–Kier alpha value is -5.40. The maximum Gasteiger partial charge on any atom is 1.00 e. The summed E-state index contributed by atoms with van der Waals surface area (Å²) >= 11 is 0. The Balaban J connectivity index is 0.00000372. The van der Waals surface area contributed by atoms with Gasteiger partial charge < -0.3 is 37.8 Å². The quantitative estimate of drug-likeness (QED) is 0.0363. The molecule has 0 amide bonds. The predicted molar refractivity (Wildman–Crippen MR) is 208 cm³/mol. The van der Waals surface area contributed by atoms with Gasteiger partial charge in [0.2, 0.25) is 5.78 Å². The van der Waals surface area contributed by atoms with Crippen molar-refractivity contribution in [3.05, 3.63) is 107 Å². The van der Waals surface area contributed by atoms with E-state index in [1.54, 1.807) is 24.3 Å². The summed E-state index contributed by atoms with van der Waals surface area (Å²) in [6.45, 7) is 0. The molecule has 0 atom stereocenters. The minimum Gasteiger partial charge on any atom is -0.744 e. The summed E-state index contributed by atoms with van der Waals surface area (Å²) in [4.78, 5) is 11.6. The molecule has 20 nitrogen and oxygen atoms in total. The van der Waals surface area contributed by atoms with Gasteiger partial charge >= 0.3 is 59.1 Å². The molecule has 58 heavy (non-hydrogen) atoms. The minimum atomic E-state index is -5.41. The second kappa shape index (κ2) is 18.5. The van der Waals surface area contributed by atoms with Crippen LogP contribution in [-0.4, -0.2) is 37.4 Å². The van der Waals surface area contributed by atoms with E-state index in [2.05, 4.69) is 41.2 Å². The van der Waals surface area contributed by atoms with Crippen LogP contribution < -0.4 is 93.2 Å². The third-order valence-corrected chi connectivity index (χ3v) is 9.46. The van der Waals surface area contributed by atoms with Gasteiger partial charge in [0.05, 0.1) is 55.2 Å². The van der Waals surface area contributed by atoms with Gasteiger partial charge in [0.25, 0.3) is 0 Å². The van der Waals surface area contributed by atoms with Crippen molar-refractivity contribution in [2.75, 3.05) is 34.1 Å². The summed E-state index contributed by atoms with van der Waals surface area (Å²) in [6.07, 6.45) is 0.684. The van der Waals surface area contributed by atoms with Crippen molar-refractivity contribution in [2.24, 2.45) is 35.8 Å². The van der Waals surface area contributed by atoms with E-state index in [1.807, 2.05) is 0 Å². The number of benzene rings is 5. The van der Waals surface area contributed by atoms with Crippen LogP contribution in [0.3, 0.4) is 0 Å². The van der Waals surface area contributed by atoms with E-state index in [-0.39, 0.29) is 70.5 Å². The smallest absolute Gasteiger partial charge is 0.744 e. The molecule has 0 saturated heterocycles. The summed E-state index contributed by atoms with van der Waals surface area (Å²) in [5, 5.41) is 28.0. The third kappa shape index (κ3) is 10.6. The average Bonchev–Trinajstić information content (AvgIpc) is 3.13. The Bertz CT molecular complexity index is 2800. The molecule has 1 aliphatic rings. The normalized spacial score (nSPS) is 13.7. The van der Waals surface area contributed by atoms with Crippen LogP contribution in [0.5, 0.6) is 0 Å². The van der Waals surface area contributed by atoms with Crippen LogP contribution in [0.15, 0.2) is 137 Å². The van der Waals surface area contributed by atoms with Crippen LogP contribution in [0.25, 0.3) is 6.08 Å². The summed E-state index contributed by atoms with van der Waals surface area (Å²) < 4.78 is 73.9. The number of hydrogen-bond donors (Lipinski definition) is 6. The number of rotatable bonds is 10. The van der Waals surface area contributed by atoms with Crippen molar-refractivity contribution in [3.8, 4) is 0 Å². The van der Waals surface area contributed by atoms with Crippen LogP contribution >= 0.6 is 0 Å². The topological polar surface area (TPSA) is 360 Å². The Morgan fingerprint density at radius 3 is 1.48 bits per heavy atom. The number of nitrogens with one attached hydrogen (secondary N) is 1. The number of carbonyl (C=O) groups excluding carboxylic acids is 1. The summed E-state index contributed by atoms with van der Waals surface area (Å²) in [5.74, 6) is -1.20. The largest absolute Gasteiger partial charge is 1.00 e. The van der Waals surface area contributed by atoms with Crippen molar-refractivity contribution in [1.82, 2.24) is 0 Å². The zero-order chi connectivity index (χ0) is 40.4. The fraction of sp³-hybridized carbons (Fsp3) is 0. The number of nitrogens with zero attached hydrogens (tertiary/aromatic N) is 7. The predicted octanol–water partition coefficient (Wildman–Crippen LogP) is 0.306. The molecule has 0 bridgehead atoms. The van der Waals surface area contributed by atoms with Crippen LogP contribution in [0.1, 0.15) is 15.9 Å². The molecule has 1 aliphatic carbocycles. The van der Waals surface area contributed by atoms with Gasteiger partial charge in [-0.1, -0.05) is 0 Å². The standard InChI is InChI=1S/C34H29N13O7S2.2Na/c35-18-1-11-26(24(37)15-18)44-40-20-3-7-22(8-4-20)42-46-32-28(55(49,50)51)13-17-14-29(56(52,53)54)33(34(48)30(17)31(32)39)47-43-23-9-5-21(6-10-23)41-45-27-12-2-19(36)16-25(27)38;;/h1-16,43H,35-39H2,(H,49,50,51)(H,52,53,54);;/q;2*+1/p-2/b44-40?,45-41?,46-42?,47-33+;;. The molecule has 6 rings (SSSR count). The van der Waals surface area contributed by atoms with E-state index < -0.39 is 64.0 Å². The molecule has 0 aliphatic heterocycles. The maximum atomic E-state index is 13.8. The molecule has 0 radical (unpaired) electrons. The number of fused-ring (bicyclic) bond motifs is 1. The maximum absolute atomic E-state index is 13.8. The molecule has 11 N–H and O–H groups in total. The Kier molecular flexibility index (Phi) is 14.4. The fourth-order valence-corrected chi connectivity index (χ4v) is 6.36. The monoisotopic (exact) mass is 839 g/mol. The van der Waals surface area contributed by atoms with E-state index in [4.69, 9.17) is 28.7 Å². The first kappa shape index (κ1) is 45.3. The van der Waals surface area contributed by atoms with E-state index in [9.17, 15) is 30.7 Å². The van der Waals surface area contributed by atoms with Crippen LogP contribution in [-0.2, 0) is 20.2 Å². The van der Waals surface area contributed by atoms with Gasteiger partial charge in [-0.05, 0) is 103 Å². The molecule has 5 aromatic carbocycles. The molecular weight excluding hydrogens is 813 g/mol. The molecule has 0 fully saturated rings. The molecule has 0 heterocycles. The van der Waals surface area contributed by atoms with Crippen molar-refractivity contribution in [3.63, 3.8) is 0 Å². The molecule has 284 valence electrons. The van der Waals surface area contributed by atoms with Gasteiger partial charge in [-0.25, -0.2) is 16.8 Å². The minimum absolute atomic E-state index is 0. The van der Waals surface area contributed by atoms with E-state index in [0.29, 0.717) is 57.6 Å². The zero-order valence-electron chi connectivity index (χ0n) is 30.4. The fourth-order valence-electron chi connectivity index (χ4n) is 5.05. The average molecular weight is 840 g/mol. The number of azo groups is 3. The molecule has 0 spiro atoms. The van der Waals surface area contributed by atoms with E-state index in [1.165, 1.54) is 60.7 Å². The Morgan fingerprint density at radius 1 is 0.569 bits per heavy atom. The molecular formula is C34H27N13Na2O7S2. The second-order valence-electron chi connectivity index (χ2n) is 11.7. The van der Waals surface area contributed by atoms with Crippen molar-refractivity contribution in [2.45, 2.75) is 4.90 Å².